The monoisotopic (exact) mass is 95.0 g/mol. The molecular weight excluding hydrogens is 86.2 g/mol. The molecule has 0 aromatic carbocycles. The number of hydrogen-bond donors (Lipinski definition) is 1. The Morgan fingerprint density at radius 2 is 1.25 bits per heavy atom. The van der Waals surface area contributed by atoms with Gasteiger partial charge in [-0.3, -0.25) is 0 Å². The maximum atomic E-state index is 8.28. The molecule has 3 N–H and O–H groups in total. The summed E-state index contributed by atoms with van der Waals surface area (Å²) in [6, 6.07) is 0. The van der Waals surface area contributed by atoms with E-state index in [1.165, 1.54) is 0 Å². The van der Waals surface area contributed by atoms with Gasteiger partial charge in [0.05, 0.1) is 0 Å². The first-order valence-corrected chi connectivity index (χ1v) is 0.866. The lowest BCUT2D eigenvalue weighted by atomic mass is 14.0. The first-order chi connectivity index (χ1) is 1.00. The minimum atomic E-state index is 0. The highest BCUT2D eigenvalue weighted by Gasteiger charge is 0.701. The molecule has 0 aromatic rings. The van der Waals surface area contributed by atoms with Gasteiger partial charge in [0.25, 0.3) is 0 Å². The van der Waals surface area contributed by atoms with Crippen molar-refractivity contribution in [1.82, 2.24) is 6.15 Å². The van der Waals surface area contributed by atoms with Crippen molar-refractivity contribution >= 4 is 21.1 Å². The van der Waals surface area contributed by atoms with Crippen molar-refractivity contribution in [1.29, 1.82) is 0 Å². The van der Waals surface area contributed by atoms with E-state index in [1.807, 2.05) is 0 Å². The zero-order valence-electron chi connectivity index (χ0n) is 1.82. The molecule has 0 amide bonds. The normalized spacial score (nSPS) is 1.00. The lowest BCUT2D eigenvalue weighted by Crippen LogP contribution is -0.969. The average Bonchev–Trinajstić information content (AvgIpc) is 1.00. The van der Waals surface area contributed by atoms with Gasteiger partial charge in [0, 0.05) is 0 Å². The van der Waals surface area contributed by atoms with Crippen LogP contribution < -0.4 is 6.15 Å². The van der Waals surface area contributed by atoms with Crippen LogP contribution in [0.3, 0.4) is 0 Å². The van der Waals surface area contributed by atoms with E-state index >= 15 is 0 Å². The van der Waals surface area contributed by atoms with Crippen molar-refractivity contribution in [3.63, 3.8) is 0 Å². The summed E-state index contributed by atoms with van der Waals surface area (Å²) in [5, 5.41) is 0. The van der Waals surface area contributed by atoms with Crippen LogP contribution in [0.25, 0.3) is 0 Å². The molecule has 0 aliphatic carbocycles. The van der Waals surface area contributed by atoms with Crippen molar-refractivity contribution in [2.45, 2.75) is 0 Å². The van der Waals surface area contributed by atoms with Gasteiger partial charge in [-0.2, -0.15) is 0 Å². The summed E-state index contributed by atoms with van der Waals surface area (Å²) in [6.45, 7) is 0. The van der Waals surface area contributed by atoms with Crippen molar-refractivity contribution in [3.8, 4) is 0 Å². The Morgan fingerprint density at radius 1 is 1.25 bits per heavy atom. The molecule has 0 saturated heterocycles. The highest BCUT2D eigenvalue weighted by atomic mass is 28.1. The molecule has 0 spiro atoms. The van der Waals surface area contributed by atoms with Gasteiger partial charge in [-0.05, 0) is 11.0 Å². The smallest absolute Gasteiger partial charge is 0.245 e. The van der Waals surface area contributed by atoms with E-state index in [1.54, 1.807) is 0 Å². The summed E-state index contributed by atoms with van der Waals surface area (Å²) in [6.07, 6.45) is 0. The molecule has 0 aliphatic heterocycles. The first kappa shape index (κ1) is 30.0. The molecule has 0 radical (unpaired) electrons. The third-order valence-electron chi connectivity index (χ3n) is 0. The zero-order valence-corrected chi connectivity index (χ0v) is 3.24. The predicted molar refractivity (Wildman–Crippen MR) is 25.6 cm³/mol. The summed E-state index contributed by atoms with van der Waals surface area (Å²) in [7, 11) is 0.611. The molecule has 0 atom stereocenters. The van der Waals surface area contributed by atoms with Crippen molar-refractivity contribution < 1.29 is 4.46 Å². The quantitative estimate of drug-likeness (QED) is 0.343. The molecule has 4 heavy (non-hydrogen) atoms. The SMILES string of the molecule is N.O=[SiH2].[SiH4]. The second-order valence-electron chi connectivity index (χ2n) is 0. The van der Waals surface area contributed by atoms with Gasteiger partial charge < -0.3 is 10.6 Å². The van der Waals surface area contributed by atoms with E-state index in [2.05, 4.69) is 0 Å². The second-order valence-corrected chi connectivity index (χ2v) is 0. The minimum absolute atomic E-state index is 0. The average molecular weight is 95.2 g/mol. The highest BCUT2D eigenvalue weighted by Crippen LogP contribution is 0.469. The molecule has 0 aromatic heterocycles. The molecule has 0 fully saturated rings. The molecular formula is H9NOSi2. The Labute approximate surface area is 32.7 Å². The van der Waals surface area contributed by atoms with Gasteiger partial charge >= 0.3 is 0 Å². The lowest BCUT2D eigenvalue weighted by Gasteiger charge is -0.852. The van der Waals surface area contributed by atoms with Crippen molar-refractivity contribution in [2.75, 3.05) is 0 Å². The molecule has 2 nitrogen and oxygen atoms in total. The van der Waals surface area contributed by atoms with Gasteiger partial charge in [0.2, 0.25) is 10.1 Å². The maximum absolute atomic E-state index is 8.28. The second kappa shape index (κ2) is 409. The zero-order chi connectivity index (χ0) is 2.00. The Bertz CT molecular complexity index is 6.00. The standard InChI is InChI=1S/H3N.H2OSi.H4Si/c;1-2;/h1H3;2H2;1H4. The predicted octanol–water partition coefficient (Wildman–Crippen LogP) is -2.32. The molecule has 0 saturated carbocycles. The topological polar surface area (TPSA) is 52.1 Å². The van der Waals surface area contributed by atoms with E-state index < -0.39 is 0 Å². The molecule has 0 aliphatic rings. The number of hydrogen-bond acceptors (Lipinski definition) is 2. The summed E-state index contributed by atoms with van der Waals surface area (Å²) in [5.74, 6) is 0. The summed E-state index contributed by atoms with van der Waals surface area (Å²) >= 11 is 0. The Hall–Kier alpha value is 0.194. The van der Waals surface area contributed by atoms with Crippen LogP contribution in [0, 0.1) is 0 Å². The van der Waals surface area contributed by atoms with E-state index in [0.29, 0.717) is 10.1 Å². The lowest BCUT2D eigenvalue weighted by molar-refractivity contribution is 0.590. The minimum Gasteiger partial charge on any atom is -0.396 e. The van der Waals surface area contributed by atoms with Crippen LogP contribution in [0.4, 0.5) is 0 Å². The Morgan fingerprint density at radius 3 is 1.25 bits per heavy atom. The summed E-state index contributed by atoms with van der Waals surface area (Å²) in [5.41, 5.74) is 0. The molecule has 28 valence electrons. The van der Waals surface area contributed by atoms with Crippen molar-refractivity contribution in [2.24, 2.45) is 0 Å². The largest absolute Gasteiger partial charge is 0.396 e. The molecule has 0 bridgehead atoms. The Kier molecular flexibility index (Phi) is 3070. The van der Waals surface area contributed by atoms with Crippen LogP contribution in [0.5, 0.6) is 0 Å². The summed E-state index contributed by atoms with van der Waals surface area (Å²) < 4.78 is 8.28. The summed E-state index contributed by atoms with van der Waals surface area (Å²) in [4.78, 5) is 0. The fourth-order valence-electron chi connectivity index (χ4n) is 0. The molecule has 0 heterocycles. The van der Waals surface area contributed by atoms with E-state index in [9.17, 15) is 0 Å². The fraction of sp³-hybridized carbons (Fsp3) is 0. The van der Waals surface area contributed by atoms with E-state index in [-0.39, 0.29) is 17.1 Å². The van der Waals surface area contributed by atoms with Crippen LogP contribution in [0.2, 0.25) is 0 Å². The van der Waals surface area contributed by atoms with Gasteiger partial charge in [0.1, 0.15) is 0 Å². The van der Waals surface area contributed by atoms with Gasteiger partial charge in [-0.15, -0.1) is 0 Å². The van der Waals surface area contributed by atoms with Crippen LogP contribution in [0.1, 0.15) is 0 Å². The van der Waals surface area contributed by atoms with Crippen LogP contribution in [-0.2, 0) is 4.46 Å². The van der Waals surface area contributed by atoms with Gasteiger partial charge in [-0.25, -0.2) is 0 Å². The number of rotatable bonds is 0. The van der Waals surface area contributed by atoms with Crippen LogP contribution in [0.15, 0.2) is 0 Å². The molecule has 0 rings (SSSR count). The third kappa shape index (κ3) is 83.3. The molecule has 0 unspecified atom stereocenters. The molecule has 4 heteroatoms. The highest BCUT2D eigenvalue weighted by molar-refractivity contribution is 5.85. The first-order valence-electron chi connectivity index (χ1n) is 0.289. The van der Waals surface area contributed by atoms with Crippen molar-refractivity contribution in [3.05, 3.63) is 0 Å². The fourth-order valence-corrected chi connectivity index (χ4v) is 0. The Balaban J connectivity index is -0.00000000500. The van der Waals surface area contributed by atoms with Crippen LogP contribution in [-0.4, -0.2) is 21.1 Å². The van der Waals surface area contributed by atoms with Gasteiger partial charge in [0.15, 0.2) is 0 Å². The van der Waals surface area contributed by atoms with E-state index in [0.717, 1.165) is 0 Å². The third-order valence-corrected chi connectivity index (χ3v) is 0. The van der Waals surface area contributed by atoms with E-state index in [4.69, 9.17) is 4.46 Å². The van der Waals surface area contributed by atoms with Crippen LogP contribution >= 0.6 is 0 Å². The maximum Gasteiger partial charge on any atom is 0.245 e. The van der Waals surface area contributed by atoms with Gasteiger partial charge in [-0.1, -0.05) is 0 Å².